The molecule has 0 radical (unpaired) electrons. The Bertz CT molecular complexity index is 389. The van der Waals surface area contributed by atoms with Crippen molar-refractivity contribution < 1.29 is 17.9 Å². The molecule has 2 nitrogen and oxygen atoms in total. The lowest BCUT2D eigenvalue weighted by molar-refractivity contribution is -0.274. The Balaban J connectivity index is 2.77. The number of halogens is 3. The predicted molar refractivity (Wildman–Crippen MR) is 73.6 cm³/mol. The molecule has 0 aromatic heterocycles. The molecule has 0 saturated carbocycles. The highest BCUT2D eigenvalue weighted by atomic mass is 19.4. The number of alkyl halides is 3. The van der Waals surface area contributed by atoms with Crippen LogP contribution in [0, 0.1) is 5.92 Å². The Hall–Kier alpha value is -1.23. The first-order valence-corrected chi connectivity index (χ1v) is 6.94. The smallest absolute Gasteiger partial charge is 0.406 e. The highest BCUT2D eigenvalue weighted by Crippen LogP contribution is 2.27. The van der Waals surface area contributed by atoms with Crippen molar-refractivity contribution >= 4 is 0 Å². The van der Waals surface area contributed by atoms with Gasteiger partial charge in [-0.05, 0) is 36.6 Å². The molecule has 0 fully saturated rings. The second-order valence-corrected chi connectivity index (χ2v) is 4.98. The summed E-state index contributed by atoms with van der Waals surface area (Å²) in [6.07, 6.45) is -2.60. The van der Waals surface area contributed by atoms with Gasteiger partial charge in [0.15, 0.2) is 0 Å². The minimum atomic E-state index is -4.64. The highest BCUT2D eigenvalue weighted by Gasteiger charge is 2.31. The Morgan fingerprint density at radius 3 is 2.20 bits per heavy atom. The van der Waals surface area contributed by atoms with Crippen molar-refractivity contribution in [3.05, 3.63) is 29.8 Å². The molecular formula is C15H22F3NO. The van der Waals surface area contributed by atoms with Gasteiger partial charge < -0.3 is 10.1 Å². The summed E-state index contributed by atoms with van der Waals surface area (Å²) < 4.78 is 40.2. The first-order valence-electron chi connectivity index (χ1n) is 6.94. The lowest BCUT2D eigenvalue weighted by atomic mass is 9.94. The van der Waals surface area contributed by atoms with Crippen molar-refractivity contribution in [3.8, 4) is 5.75 Å². The van der Waals surface area contributed by atoms with Crippen LogP contribution in [0.4, 0.5) is 13.2 Å². The molecule has 1 aromatic rings. The van der Waals surface area contributed by atoms with Gasteiger partial charge in [0, 0.05) is 6.04 Å². The van der Waals surface area contributed by atoms with E-state index in [9.17, 15) is 13.2 Å². The lowest BCUT2D eigenvalue weighted by Crippen LogP contribution is -2.23. The number of ether oxygens (including phenoxy) is 1. The predicted octanol–water partition coefficient (Wildman–Crippen LogP) is 4.67. The van der Waals surface area contributed by atoms with Gasteiger partial charge in [0.25, 0.3) is 0 Å². The zero-order valence-corrected chi connectivity index (χ0v) is 12.1. The van der Waals surface area contributed by atoms with Crippen LogP contribution in [0.5, 0.6) is 5.75 Å². The third kappa shape index (κ3) is 5.82. The summed E-state index contributed by atoms with van der Waals surface area (Å²) in [5, 5.41) is 3.37. The van der Waals surface area contributed by atoms with Gasteiger partial charge >= 0.3 is 6.36 Å². The van der Waals surface area contributed by atoms with Gasteiger partial charge in [0.1, 0.15) is 5.75 Å². The fourth-order valence-corrected chi connectivity index (χ4v) is 2.05. The first kappa shape index (κ1) is 16.8. The molecule has 20 heavy (non-hydrogen) atoms. The molecule has 114 valence electrons. The molecule has 0 bridgehead atoms. The molecule has 0 aliphatic carbocycles. The zero-order chi connectivity index (χ0) is 15.2. The average Bonchev–Trinajstić information content (AvgIpc) is 2.37. The molecule has 0 spiro atoms. The largest absolute Gasteiger partial charge is 0.573 e. The average molecular weight is 289 g/mol. The van der Waals surface area contributed by atoms with Gasteiger partial charge in [-0.3, -0.25) is 0 Å². The van der Waals surface area contributed by atoms with E-state index in [4.69, 9.17) is 0 Å². The van der Waals surface area contributed by atoms with E-state index in [1.165, 1.54) is 12.1 Å². The Morgan fingerprint density at radius 1 is 1.15 bits per heavy atom. The minimum absolute atomic E-state index is 0.162. The molecule has 0 amide bonds. The van der Waals surface area contributed by atoms with Crippen LogP contribution >= 0.6 is 0 Å². The van der Waals surface area contributed by atoms with E-state index in [-0.39, 0.29) is 11.8 Å². The molecule has 0 heterocycles. The first-order chi connectivity index (χ1) is 9.35. The number of hydrogen-bond acceptors (Lipinski definition) is 2. The Morgan fingerprint density at radius 2 is 1.75 bits per heavy atom. The standard InChI is InChI=1S/C15H22F3NO/c1-4-11(3)10-14(19-5-2)12-6-8-13(9-7-12)20-15(16,17)18/h6-9,11,14,19H,4-5,10H2,1-3H3. The van der Waals surface area contributed by atoms with Gasteiger partial charge in [-0.1, -0.05) is 39.3 Å². The molecule has 2 unspecified atom stereocenters. The molecule has 1 N–H and O–H groups in total. The summed E-state index contributed by atoms with van der Waals surface area (Å²) in [5.41, 5.74) is 0.988. The van der Waals surface area contributed by atoms with Gasteiger partial charge in [0.2, 0.25) is 0 Å². The van der Waals surface area contributed by atoms with Crippen molar-refractivity contribution in [2.24, 2.45) is 5.92 Å². The fourth-order valence-electron chi connectivity index (χ4n) is 2.05. The second-order valence-electron chi connectivity index (χ2n) is 4.98. The number of nitrogens with one attached hydrogen (secondary N) is 1. The van der Waals surface area contributed by atoms with E-state index in [1.807, 2.05) is 6.92 Å². The van der Waals surface area contributed by atoms with Gasteiger partial charge in [-0.25, -0.2) is 0 Å². The van der Waals surface area contributed by atoms with Gasteiger partial charge in [-0.15, -0.1) is 13.2 Å². The van der Waals surface area contributed by atoms with Crippen LogP contribution < -0.4 is 10.1 Å². The summed E-state index contributed by atoms with van der Waals surface area (Å²) >= 11 is 0. The maximum absolute atomic E-state index is 12.1. The molecule has 0 aliphatic rings. The monoisotopic (exact) mass is 289 g/mol. The molecular weight excluding hydrogens is 267 g/mol. The van der Waals surface area contributed by atoms with Crippen LogP contribution in [0.3, 0.4) is 0 Å². The lowest BCUT2D eigenvalue weighted by Gasteiger charge is -2.22. The van der Waals surface area contributed by atoms with E-state index < -0.39 is 6.36 Å². The van der Waals surface area contributed by atoms with Crippen molar-refractivity contribution in [2.75, 3.05) is 6.54 Å². The fraction of sp³-hybridized carbons (Fsp3) is 0.600. The van der Waals surface area contributed by atoms with Gasteiger partial charge in [0.05, 0.1) is 0 Å². The van der Waals surface area contributed by atoms with Crippen LogP contribution in [-0.2, 0) is 0 Å². The Kier molecular flexibility index (Phi) is 6.33. The molecule has 0 saturated heterocycles. The van der Waals surface area contributed by atoms with Crippen molar-refractivity contribution in [2.45, 2.75) is 46.0 Å². The Labute approximate surface area is 118 Å². The third-order valence-electron chi connectivity index (χ3n) is 3.30. The quantitative estimate of drug-likeness (QED) is 0.787. The summed E-state index contributed by atoms with van der Waals surface area (Å²) in [4.78, 5) is 0. The normalized spacial score (nSPS) is 14.9. The van der Waals surface area contributed by atoms with E-state index in [0.29, 0.717) is 5.92 Å². The van der Waals surface area contributed by atoms with Crippen molar-refractivity contribution in [1.82, 2.24) is 5.32 Å². The van der Waals surface area contributed by atoms with Crippen LogP contribution in [0.25, 0.3) is 0 Å². The maximum atomic E-state index is 12.1. The van der Waals surface area contributed by atoms with Crippen molar-refractivity contribution in [3.63, 3.8) is 0 Å². The van der Waals surface area contributed by atoms with Crippen molar-refractivity contribution in [1.29, 1.82) is 0 Å². The van der Waals surface area contributed by atoms with Gasteiger partial charge in [-0.2, -0.15) is 0 Å². The second kappa shape index (κ2) is 7.53. The molecule has 2 atom stereocenters. The summed E-state index contributed by atoms with van der Waals surface area (Å²) in [6, 6.07) is 6.27. The van der Waals surface area contributed by atoms with E-state index >= 15 is 0 Å². The van der Waals surface area contributed by atoms with Crippen LogP contribution in [0.2, 0.25) is 0 Å². The van der Waals surface area contributed by atoms with E-state index in [0.717, 1.165) is 24.9 Å². The zero-order valence-electron chi connectivity index (χ0n) is 12.1. The minimum Gasteiger partial charge on any atom is -0.406 e. The summed E-state index contributed by atoms with van der Waals surface area (Å²) in [6.45, 7) is 7.14. The molecule has 5 heteroatoms. The molecule has 0 aliphatic heterocycles. The molecule has 1 aromatic carbocycles. The highest BCUT2D eigenvalue weighted by molar-refractivity contribution is 5.29. The summed E-state index contributed by atoms with van der Waals surface area (Å²) in [7, 11) is 0. The third-order valence-corrected chi connectivity index (χ3v) is 3.30. The maximum Gasteiger partial charge on any atom is 0.573 e. The number of hydrogen-bond donors (Lipinski definition) is 1. The number of rotatable bonds is 7. The van der Waals surface area contributed by atoms with Crippen LogP contribution in [-0.4, -0.2) is 12.9 Å². The SMILES string of the molecule is CCNC(CC(C)CC)c1ccc(OC(F)(F)F)cc1. The van der Waals surface area contributed by atoms with E-state index in [2.05, 4.69) is 23.9 Å². The summed E-state index contributed by atoms with van der Waals surface area (Å²) in [5.74, 6) is 0.380. The topological polar surface area (TPSA) is 21.3 Å². The van der Waals surface area contributed by atoms with Crippen LogP contribution in [0.15, 0.2) is 24.3 Å². The van der Waals surface area contributed by atoms with E-state index in [1.54, 1.807) is 12.1 Å². The number of benzene rings is 1. The molecule has 1 rings (SSSR count). The van der Waals surface area contributed by atoms with Crippen LogP contribution in [0.1, 0.15) is 45.2 Å².